The number of aromatic nitrogens is 2. The van der Waals surface area contributed by atoms with Gasteiger partial charge in [0.05, 0.1) is 9.85 Å². The molecule has 2 saturated heterocycles. The van der Waals surface area contributed by atoms with Gasteiger partial charge in [0.1, 0.15) is 18.5 Å². The van der Waals surface area contributed by atoms with Crippen molar-refractivity contribution in [2.45, 2.75) is 24.9 Å². The van der Waals surface area contributed by atoms with Gasteiger partial charge in [-0.1, -0.05) is 42.4 Å². The lowest BCUT2D eigenvalue weighted by atomic mass is 10.0. The number of ether oxygens (including phenoxy) is 1. The summed E-state index contributed by atoms with van der Waals surface area (Å²) in [5.41, 5.74) is 2.93. The van der Waals surface area contributed by atoms with Crippen LogP contribution >= 0.6 is 22.9 Å². The molecule has 0 saturated carbocycles. The van der Waals surface area contributed by atoms with Crippen LogP contribution in [-0.4, -0.2) is 84.1 Å². The molecular weight excluding hydrogens is 556 g/mol. The quantitative estimate of drug-likeness (QED) is 0.203. The molecule has 0 unspecified atom stereocenters. The van der Waals surface area contributed by atoms with Crippen LogP contribution in [0.5, 0.6) is 6.01 Å². The second-order valence-electron chi connectivity index (χ2n) is 10.6. The topological polar surface area (TPSA) is 66.2 Å². The second-order valence-corrected chi connectivity index (χ2v) is 12.3. The maximum Gasteiger partial charge on any atom is 0.319 e. The van der Waals surface area contributed by atoms with Gasteiger partial charge in [-0.05, 0) is 67.2 Å². The van der Waals surface area contributed by atoms with Gasteiger partial charge in [0.25, 0.3) is 0 Å². The van der Waals surface area contributed by atoms with Crippen LogP contribution in [0.2, 0.25) is 4.34 Å². The summed E-state index contributed by atoms with van der Waals surface area (Å²) in [7, 11) is 2.12. The Hall–Kier alpha value is -3.71. The van der Waals surface area contributed by atoms with Crippen molar-refractivity contribution in [2.75, 3.05) is 51.3 Å². The number of fused-ring (bicyclic) bond motifs is 2. The third-order valence-corrected chi connectivity index (χ3v) is 9.41. The van der Waals surface area contributed by atoms with Gasteiger partial charge in [0.2, 0.25) is 12.5 Å². The van der Waals surface area contributed by atoms with E-state index in [0.717, 1.165) is 61.7 Å². The Labute approximate surface area is 248 Å². The SMILES string of the molecule is [C-]#[N+]C[C@H]1CN(c2nc(OC[C@@H]3CCCN3C)nc3cc(-c4cccc5cc(Cl)sc45)ccc23)CCN1C(=O)C=C. The Morgan fingerprint density at radius 3 is 2.88 bits per heavy atom. The van der Waals surface area contributed by atoms with E-state index >= 15 is 0 Å². The molecule has 8 nitrogen and oxygen atoms in total. The van der Waals surface area contributed by atoms with Crippen LogP contribution in [0.15, 0.2) is 55.1 Å². The number of piperazine rings is 1. The lowest BCUT2D eigenvalue weighted by molar-refractivity contribution is -0.128. The highest BCUT2D eigenvalue weighted by atomic mass is 35.5. The van der Waals surface area contributed by atoms with Crippen LogP contribution in [0, 0.1) is 6.57 Å². The highest BCUT2D eigenvalue weighted by Crippen LogP contribution is 2.39. The van der Waals surface area contributed by atoms with Crippen molar-refractivity contribution < 1.29 is 9.53 Å². The van der Waals surface area contributed by atoms with Gasteiger partial charge in [-0.25, -0.2) is 6.57 Å². The number of rotatable bonds is 7. The van der Waals surface area contributed by atoms with Crippen molar-refractivity contribution in [2.24, 2.45) is 0 Å². The summed E-state index contributed by atoms with van der Waals surface area (Å²) in [6, 6.07) is 14.9. The first-order valence-corrected chi connectivity index (χ1v) is 15.0. The first-order chi connectivity index (χ1) is 19.9. The van der Waals surface area contributed by atoms with Gasteiger partial charge >= 0.3 is 6.01 Å². The van der Waals surface area contributed by atoms with Crippen LogP contribution < -0.4 is 9.64 Å². The van der Waals surface area contributed by atoms with Crippen molar-refractivity contribution in [1.82, 2.24) is 19.8 Å². The number of likely N-dealkylation sites (tertiary alicyclic amines) is 1. The van der Waals surface area contributed by atoms with E-state index < -0.39 is 0 Å². The summed E-state index contributed by atoms with van der Waals surface area (Å²) in [5.74, 6) is 0.609. The number of amides is 1. The molecular formula is C31H31ClN6O2S. The Morgan fingerprint density at radius 2 is 2.10 bits per heavy atom. The Bertz CT molecular complexity index is 1670. The number of anilines is 1. The molecule has 1 amide bonds. The van der Waals surface area contributed by atoms with Crippen LogP contribution in [0.25, 0.3) is 37.0 Å². The number of hydrogen-bond donors (Lipinski definition) is 0. The lowest BCUT2D eigenvalue weighted by Gasteiger charge is -2.39. The number of benzene rings is 2. The van der Waals surface area contributed by atoms with Crippen molar-refractivity contribution in [3.8, 4) is 17.1 Å². The second kappa shape index (κ2) is 11.6. The first-order valence-electron chi connectivity index (χ1n) is 13.8. The maximum atomic E-state index is 12.5. The minimum absolute atomic E-state index is 0.150. The Balaban J connectivity index is 1.40. The van der Waals surface area contributed by atoms with Crippen LogP contribution in [0.1, 0.15) is 12.8 Å². The molecule has 0 radical (unpaired) electrons. The summed E-state index contributed by atoms with van der Waals surface area (Å²) in [4.78, 5) is 32.1. The van der Waals surface area contributed by atoms with Gasteiger partial charge in [-0.3, -0.25) is 4.79 Å². The smallest absolute Gasteiger partial charge is 0.319 e. The minimum Gasteiger partial charge on any atom is -0.462 e. The summed E-state index contributed by atoms with van der Waals surface area (Å²) in [5, 5.41) is 2.02. The van der Waals surface area contributed by atoms with E-state index in [1.807, 2.05) is 12.1 Å². The molecule has 0 aliphatic carbocycles. The highest BCUT2D eigenvalue weighted by Gasteiger charge is 2.33. The van der Waals surface area contributed by atoms with E-state index in [4.69, 9.17) is 32.9 Å². The van der Waals surface area contributed by atoms with Crippen LogP contribution in [0.3, 0.4) is 0 Å². The maximum absolute atomic E-state index is 12.5. The number of thiophene rings is 1. The molecule has 0 spiro atoms. The van der Waals surface area contributed by atoms with Gasteiger partial charge in [-0.15, -0.1) is 11.3 Å². The van der Waals surface area contributed by atoms with Crippen molar-refractivity contribution in [1.29, 1.82) is 0 Å². The average Bonchev–Trinajstić information content (AvgIpc) is 3.58. The molecule has 2 aliphatic rings. The predicted molar refractivity (Wildman–Crippen MR) is 166 cm³/mol. The standard InChI is InChI=1S/C31H31ClN6O2S/c1-4-28(39)38-14-13-37(18-23(38)17-33-2)30-25-11-10-20(24-9-5-7-21-16-27(32)41-29(21)24)15-26(25)34-31(35-30)40-19-22-8-6-12-36(22)3/h4-5,7,9-11,15-16,22-23H,1,6,8,12-14,17-19H2,3H3/t22-,23-/m0/s1. The van der Waals surface area contributed by atoms with Crippen molar-refractivity contribution in [3.63, 3.8) is 0 Å². The monoisotopic (exact) mass is 586 g/mol. The summed E-state index contributed by atoms with van der Waals surface area (Å²) < 4.78 is 8.13. The molecule has 6 rings (SSSR count). The fourth-order valence-corrected chi connectivity index (χ4v) is 7.17. The van der Waals surface area contributed by atoms with E-state index in [2.05, 4.69) is 58.6 Å². The summed E-state index contributed by atoms with van der Waals surface area (Å²) in [6.45, 7) is 14.5. The number of carbonyl (C=O) groups is 1. The normalized spacial score (nSPS) is 19.5. The molecule has 0 bridgehead atoms. The fraction of sp³-hybridized carbons (Fsp3) is 0.355. The molecule has 4 aromatic rings. The van der Waals surface area contributed by atoms with Gasteiger partial charge in [0.15, 0.2) is 0 Å². The highest BCUT2D eigenvalue weighted by molar-refractivity contribution is 7.23. The molecule has 10 heteroatoms. The number of carbonyl (C=O) groups excluding carboxylic acids is 1. The zero-order valence-electron chi connectivity index (χ0n) is 22.9. The van der Waals surface area contributed by atoms with Crippen molar-refractivity contribution in [3.05, 3.63) is 70.9 Å². The van der Waals surface area contributed by atoms with E-state index in [1.54, 1.807) is 16.2 Å². The molecule has 41 heavy (non-hydrogen) atoms. The zero-order chi connectivity index (χ0) is 28.5. The van der Waals surface area contributed by atoms with E-state index in [9.17, 15) is 4.79 Å². The average molecular weight is 587 g/mol. The molecule has 210 valence electrons. The molecule has 2 atom stereocenters. The third-order valence-electron chi connectivity index (χ3n) is 8.10. The summed E-state index contributed by atoms with van der Waals surface area (Å²) >= 11 is 7.93. The largest absolute Gasteiger partial charge is 0.462 e. The third kappa shape index (κ3) is 5.47. The Kier molecular flexibility index (Phi) is 7.80. The Morgan fingerprint density at radius 1 is 1.22 bits per heavy atom. The van der Waals surface area contributed by atoms with Gasteiger partial charge < -0.3 is 24.3 Å². The van der Waals surface area contributed by atoms with E-state index in [-0.39, 0.29) is 18.5 Å². The molecule has 2 aliphatic heterocycles. The molecule has 2 fully saturated rings. The van der Waals surface area contributed by atoms with E-state index in [1.165, 1.54) is 6.08 Å². The zero-order valence-corrected chi connectivity index (χ0v) is 24.5. The molecule has 2 aromatic carbocycles. The molecule has 4 heterocycles. The number of hydrogen-bond acceptors (Lipinski definition) is 7. The van der Waals surface area contributed by atoms with Gasteiger partial charge in [0, 0.05) is 35.8 Å². The molecule has 0 N–H and O–H groups in total. The number of likely N-dealkylation sites (N-methyl/N-ethyl adjacent to an activating group) is 1. The number of halogens is 1. The van der Waals surface area contributed by atoms with E-state index in [0.29, 0.717) is 38.3 Å². The minimum atomic E-state index is -0.256. The molecule has 2 aromatic heterocycles. The fourth-order valence-electron chi connectivity index (χ4n) is 5.90. The predicted octanol–water partition coefficient (Wildman–Crippen LogP) is 5.76. The first kappa shape index (κ1) is 27.5. The number of nitrogens with zero attached hydrogens (tertiary/aromatic N) is 6. The van der Waals surface area contributed by atoms with Crippen molar-refractivity contribution >= 4 is 55.7 Å². The van der Waals surface area contributed by atoms with Crippen LogP contribution in [-0.2, 0) is 4.79 Å². The van der Waals surface area contributed by atoms with Crippen LogP contribution in [0.4, 0.5) is 5.82 Å². The van der Waals surface area contributed by atoms with Gasteiger partial charge in [-0.2, -0.15) is 9.97 Å². The lowest BCUT2D eigenvalue weighted by Crippen LogP contribution is -2.56. The summed E-state index contributed by atoms with van der Waals surface area (Å²) in [6.07, 6.45) is 3.57.